The smallest absolute Gasteiger partial charge is 0.122 e. The molecule has 0 bridgehead atoms. The third kappa shape index (κ3) is 3.47. The molecule has 0 radical (unpaired) electrons. The van der Waals surface area contributed by atoms with Gasteiger partial charge in [0, 0.05) is 12.6 Å². The molecule has 0 saturated carbocycles. The zero-order valence-corrected chi connectivity index (χ0v) is 11.7. The number of aliphatic hydroxyl groups excluding tert-OH is 1. The minimum absolute atomic E-state index is 0.278. The summed E-state index contributed by atoms with van der Waals surface area (Å²) in [7, 11) is 1.99. The average Bonchev–Trinajstić information content (AvgIpc) is 2.86. The first-order chi connectivity index (χ1) is 9.26. The molecule has 19 heavy (non-hydrogen) atoms. The van der Waals surface area contributed by atoms with Gasteiger partial charge in [-0.2, -0.15) is 0 Å². The highest BCUT2D eigenvalue weighted by Gasteiger charge is 2.23. The maximum absolute atomic E-state index is 9.73. The summed E-state index contributed by atoms with van der Waals surface area (Å²) < 4.78 is 10.9. The number of benzene rings is 1. The summed E-state index contributed by atoms with van der Waals surface area (Å²) in [6.07, 6.45) is 1.56. The van der Waals surface area contributed by atoms with Gasteiger partial charge < -0.3 is 19.9 Å². The summed E-state index contributed by atoms with van der Waals surface area (Å²) in [5.41, 5.74) is 2.59. The second kappa shape index (κ2) is 6.89. The summed E-state index contributed by atoms with van der Waals surface area (Å²) in [4.78, 5) is 0. The highest BCUT2D eigenvalue weighted by molar-refractivity contribution is 5.45. The maximum atomic E-state index is 9.73. The van der Waals surface area contributed by atoms with Gasteiger partial charge in [0.15, 0.2) is 0 Å². The Morgan fingerprint density at radius 2 is 2.26 bits per heavy atom. The summed E-state index contributed by atoms with van der Waals surface area (Å²) in [5, 5.41) is 13.0. The average molecular weight is 265 g/mol. The summed E-state index contributed by atoms with van der Waals surface area (Å²) in [6.45, 7) is 3.13. The second-order valence-corrected chi connectivity index (χ2v) is 4.83. The number of fused-ring (bicyclic) bond motifs is 1. The molecule has 0 aromatic heterocycles. The van der Waals surface area contributed by atoms with E-state index >= 15 is 0 Å². The van der Waals surface area contributed by atoms with Gasteiger partial charge in [-0.15, -0.1) is 0 Å². The van der Waals surface area contributed by atoms with E-state index in [2.05, 4.69) is 11.4 Å². The molecular formula is C15H23NO3. The Morgan fingerprint density at radius 1 is 1.42 bits per heavy atom. The molecule has 2 atom stereocenters. The Hall–Kier alpha value is -1.10. The van der Waals surface area contributed by atoms with Gasteiger partial charge in [0.25, 0.3) is 0 Å². The Morgan fingerprint density at radius 3 is 3.00 bits per heavy atom. The third-order valence-electron chi connectivity index (χ3n) is 3.52. The van der Waals surface area contributed by atoms with Gasteiger partial charge in [-0.3, -0.25) is 0 Å². The number of aliphatic hydroxyl groups is 1. The topological polar surface area (TPSA) is 50.7 Å². The molecule has 0 saturated heterocycles. The van der Waals surface area contributed by atoms with Crippen molar-refractivity contribution in [3.05, 3.63) is 29.3 Å². The van der Waals surface area contributed by atoms with Gasteiger partial charge in [0.1, 0.15) is 18.5 Å². The predicted molar refractivity (Wildman–Crippen MR) is 74.6 cm³/mol. The lowest BCUT2D eigenvalue weighted by atomic mass is 10.1. The number of ether oxygens (including phenoxy) is 2. The van der Waals surface area contributed by atoms with E-state index in [1.165, 1.54) is 11.1 Å². The Kier molecular flexibility index (Phi) is 5.19. The first-order valence-electron chi connectivity index (χ1n) is 6.94. The molecule has 1 aromatic carbocycles. The van der Waals surface area contributed by atoms with Crippen LogP contribution in [-0.4, -0.2) is 38.1 Å². The molecule has 4 heteroatoms. The highest BCUT2D eigenvalue weighted by atomic mass is 16.5. The molecule has 1 aromatic rings. The molecule has 2 N–H and O–H groups in total. The van der Waals surface area contributed by atoms with Crippen LogP contribution in [0.1, 0.15) is 30.5 Å². The fourth-order valence-corrected chi connectivity index (χ4v) is 2.54. The van der Waals surface area contributed by atoms with Crippen LogP contribution in [0.5, 0.6) is 5.75 Å². The number of hydrogen-bond acceptors (Lipinski definition) is 4. The van der Waals surface area contributed by atoms with Gasteiger partial charge in [0.05, 0.1) is 6.61 Å². The Labute approximate surface area is 114 Å². The van der Waals surface area contributed by atoms with Crippen LogP contribution in [0.3, 0.4) is 0 Å². The molecule has 0 heterocycles. The molecule has 0 spiro atoms. The van der Waals surface area contributed by atoms with Gasteiger partial charge >= 0.3 is 0 Å². The van der Waals surface area contributed by atoms with Crippen LogP contribution in [0.25, 0.3) is 0 Å². The number of nitrogens with one attached hydrogen (secondary N) is 1. The molecule has 1 aliphatic carbocycles. The van der Waals surface area contributed by atoms with Crippen LogP contribution in [-0.2, 0) is 11.2 Å². The first-order valence-corrected chi connectivity index (χ1v) is 6.94. The highest BCUT2D eigenvalue weighted by Crippen LogP contribution is 2.36. The van der Waals surface area contributed by atoms with Gasteiger partial charge in [-0.25, -0.2) is 0 Å². The van der Waals surface area contributed by atoms with Crippen LogP contribution >= 0.6 is 0 Å². The van der Waals surface area contributed by atoms with E-state index in [0.717, 1.165) is 18.6 Å². The van der Waals surface area contributed by atoms with Crippen molar-refractivity contribution >= 4 is 0 Å². The minimum atomic E-state index is -0.572. The summed E-state index contributed by atoms with van der Waals surface area (Å²) in [5.74, 6) is 0.894. The second-order valence-electron chi connectivity index (χ2n) is 4.83. The lowest BCUT2D eigenvalue weighted by Gasteiger charge is -2.15. The van der Waals surface area contributed by atoms with E-state index in [9.17, 15) is 5.11 Å². The number of rotatable bonds is 7. The maximum Gasteiger partial charge on any atom is 0.122 e. The summed E-state index contributed by atoms with van der Waals surface area (Å²) >= 11 is 0. The SMILES string of the molecule is CCOCC(O)COc1cccc2c1CCC2NC. The Bertz CT molecular complexity index is 408. The molecule has 0 aliphatic heterocycles. The molecular weight excluding hydrogens is 242 g/mol. The molecule has 4 nitrogen and oxygen atoms in total. The van der Waals surface area contributed by atoms with Crippen molar-refractivity contribution in [2.24, 2.45) is 0 Å². The van der Waals surface area contributed by atoms with Gasteiger partial charge in [-0.05, 0) is 44.0 Å². The lowest BCUT2D eigenvalue weighted by Crippen LogP contribution is -2.23. The van der Waals surface area contributed by atoms with Gasteiger partial charge in [0.2, 0.25) is 0 Å². The molecule has 1 aliphatic rings. The first kappa shape index (κ1) is 14.3. The van der Waals surface area contributed by atoms with Crippen LogP contribution in [0.15, 0.2) is 18.2 Å². The van der Waals surface area contributed by atoms with Crippen molar-refractivity contribution in [2.45, 2.75) is 31.9 Å². The Balaban J connectivity index is 1.97. The van der Waals surface area contributed by atoms with E-state index in [1.54, 1.807) is 0 Å². The predicted octanol–water partition coefficient (Wildman–Crippen LogP) is 1.67. The van der Waals surface area contributed by atoms with Crippen molar-refractivity contribution in [3.63, 3.8) is 0 Å². The van der Waals surface area contributed by atoms with Crippen LogP contribution in [0.2, 0.25) is 0 Å². The molecule has 2 rings (SSSR count). The molecule has 0 fully saturated rings. The minimum Gasteiger partial charge on any atom is -0.491 e. The van der Waals surface area contributed by atoms with E-state index < -0.39 is 6.10 Å². The van der Waals surface area contributed by atoms with Crippen molar-refractivity contribution in [2.75, 3.05) is 26.9 Å². The van der Waals surface area contributed by atoms with Crippen molar-refractivity contribution in [1.29, 1.82) is 0 Å². The van der Waals surface area contributed by atoms with Crippen LogP contribution < -0.4 is 10.1 Å². The molecule has 2 unspecified atom stereocenters. The van der Waals surface area contributed by atoms with Crippen molar-refractivity contribution in [1.82, 2.24) is 5.32 Å². The quantitative estimate of drug-likeness (QED) is 0.787. The zero-order chi connectivity index (χ0) is 13.7. The summed E-state index contributed by atoms with van der Waals surface area (Å²) in [6, 6.07) is 6.56. The van der Waals surface area contributed by atoms with E-state index in [-0.39, 0.29) is 6.61 Å². The van der Waals surface area contributed by atoms with Crippen LogP contribution in [0, 0.1) is 0 Å². The largest absolute Gasteiger partial charge is 0.491 e. The monoisotopic (exact) mass is 265 g/mol. The van der Waals surface area contributed by atoms with Crippen molar-refractivity contribution in [3.8, 4) is 5.75 Å². The molecule has 106 valence electrons. The number of hydrogen-bond donors (Lipinski definition) is 2. The third-order valence-corrected chi connectivity index (χ3v) is 3.52. The lowest BCUT2D eigenvalue weighted by molar-refractivity contribution is 0.0163. The van der Waals surface area contributed by atoms with Gasteiger partial charge in [-0.1, -0.05) is 12.1 Å². The normalized spacial score (nSPS) is 19.2. The standard InChI is InChI=1S/C15H23NO3/c1-3-18-9-11(17)10-19-15-6-4-5-12-13(15)7-8-14(12)16-2/h4-6,11,14,16-17H,3,7-10H2,1-2H3. The van der Waals surface area contributed by atoms with E-state index in [0.29, 0.717) is 19.3 Å². The van der Waals surface area contributed by atoms with Crippen LogP contribution in [0.4, 0.5) is 0 Å². The van der Waals surface area contributed by atoms with Crippen molar-refractivity contribution < 1.29 is 14.6 Å². The van der Waals surface area contributed by atoms with E-state index in [4.69, 9.17) is 9.47 Å². The zero-order valence-electron chi connectivity index (χ0n) is 11.7. The molecule has 0 amide bonds. The van der Waals surface area contributed by atoms with E-state index in [1.807, 2.05) is 26.1 Å². The fraction of sp³-hybridized carbons (Fsp3) is 0.600. The fourth-order valence-electron chi connectivity index (χ4n) is 2.54.